The second-order valence-electron chi connectivity index (χ2n) is 8.34. The lowest BCUT2D eigenvalue weighted by Gasteiger charge is -2.11. The van der Waals surface area contributed by atoms with Crippen molar-refractivity contribution in [1.29, 1.82) is 0 Å². The Kier molecular flexibility index (Phi) is 21.0. The highest BCUT2D eigenvalue weighted by molar-refractivity contribution is 4.56. The number of rotatable bonds is 20. The smallest absolute Gasteiger partial charge is 0.0443 e. The molecule has 0 aliphatic heterocycles. The van der Waals surface area contributed by atoms with Crippen LogP contribution < -0.4 is 0 Å². The molecular formula is C24H50. The van der Waals surface area contributed by atoms with Gasteiger partial charge in [-0.05, 0) is 5.92 Å². The first-order chi connectivity index (χ1) is 11.8. The van der Waals surface area contributed by atoms with Gasteiger partial charge in [0.2, 0.25) is 0 Å². The fraction of sp³-hybridized carbons (Fsp3) is 1.00. The first-order valence-electron chi connectivity index (χ1n) is 11.8. The van der Waals surface area contributed by atoms with Gasteiger partial charge in [-0.25, -0.2) is 0 Å². The van der Waals surface area contributed by atoms with Gasteiger partial charge < -0.3 is 0 Å². The van der Waals surface area contributed by atoms with Gasteiger partial charge in [-0.1, -0.05) is 149 Å². The monoisotopic (exact) mass is 338 g/mol. The molecule has 0 aliphatic rings. The summed E-state index contributed by atoms with van der Waals surface area (Å²) in [4.78, 5) is 0. The molecule has 0 rings (SSSR count). The topological polar surface area (TPSA) is 0 Å². The lowest BCUT2D eigenvalue weighted by atomic mass is 9.96. The zero-order valence-corrected chi connectivity index (χ0v) is 17.7. The van der Waals surface area contributed by atoms with Crippen LogP contribution in [0, 0.1) is 5.92 Å². The third-order valence-corrected chi connectivity index (χ3v) is 5.60. The normalized spacial score (nSPS) is 12.6. The number of hydrogen-bond donors (Lipinski definition) is 0. The molecule has 0 aromatic heterocycles. The summed E-state index contributed by atoms with van der Waals surface area (Å²) in [5.41, 5.74) is 0. The molecule has 0 bridgehead atoms. The molecule has 0 aromatic carbocycles. The number of unbranched alkanes of at least 4 members (excludes halogenated alkanes) is 16. The van der Waals surface area contributed by atoms with E-state index in [4.69, 9.17) is 0 Å². The van der Waals surface area contributed by atoms with Crippen molar-refractivity contribution in [2.45, 2.75) is 149 Å². The van der Waals surface area contributed by atoms with Gasteiger partial charge in [-0.3, -0.25) is 0 Å². The van der Waals surface area contributed by atoms with Crippen molar-refractivity contribution in [3.63, 3.8) is 0 Å². The average molecular weight is 339 g/mol. The molecule has 0 amide bonds. The quantitative estimate of drug-likeness (QED) is 0.194. The van der Waals surface area contributed by atoms with E-state index in [1.165, 1.54) is 128 Å². The third-order valence-electron chi connectivity index (χ3n) is 5.60. The molecule has 0 aliphatic carbocycles. The molecule has 0 fully saturated rings. The molecule has 146 valence electrons. The minimum atomic E-state index is 0.972. The second kappa shape index (κ2) is 21.0. The first kappa shape index (κ1) is 24.0. The van der Waals surface area contributed by atoms with E-state index in [1.54, 1.807) is 0 Å². The van der Waals surface area contributed by atoms with E-state index in [2.05, 4.69) is 20.8 Å². The van der Waals surface area contributed by atoms with Gasteiger partial charge in [0.15, 0.2) is 0 Å². The highest BCUT2D eigenvalue weighted by Gasteiger charge is 2.02. The Bertz CT molecular complexity index is 208. The van der Waals surface area contributed by atoms with Gasteiger partial charge in [0.25, 0.3) is 0 Å². The van der Waals surface area contributed by atoms with Crippen LogP contribution in [0.2, 0.25) is 0 Å². The minimum absolute atomic E-state index is 0.972. The van der Waals surface area contributed by atoms with Gasteiger partial charge in [-0.15, -0.1) is 0 Å². The minimum Gasteiger partial charge on any atom is -0.0654 e. The highest BCUT2D eigenvalue weighted by Crippen LogP contribution is 2.18. The van der Waals surface area contributed by atoms with Crippen LogP contribution >= 0.6 is 0 Å². The largest absolute Gasteiger partial charge is 0.0654 e. The molecule has 0 saturated heterocycles. The average Bonchev–Trinajstić information content (AvgIpc) is 2.59. The van der Waals surface area contributed by atoms with Crippen LogP contribution in [-0.2, 0) is 0 Å². The summed E-state index contributed by atoms with van der Waals surface area (Å²) in [6.07, 6.45) is 29.3. The van der Waals surface area contributed by atoms with E-state index < -0.39 is 0 Å². The van der Waals surface area contributed by atoms with Crippen LogP contribution in [0.4, 0.5) is 0 Å². The lowest BCUT2D eigenvalue weighted by molar-refractivity contribution is 0.430. The summed E-state index contributed by atoms with van der Waals surface area (Å²) >= 11 is 0. The van der Waals surface area contributed by atoms with Gasteiger partial charge in [0, 0.05) is 0 Å². The van der Waals surface area contributed by atoms with Crippen molar-refractivity contribution >= 4 is 0 Å². The molecule has 0 spiro atoms. The van der Waals surface area contributed by atoms with Crippen LogP contribution in [0.1, 0.15) is 149 Å². The van der Waals surface area contributed by atoms with Crippen LogP contribution in [0.15, 0.2) is 0 Å². The van der Waals surface area contributed by atoms with E-state index in [0.717, 1.165) is 5.92 Å². The summed E-state index contributed by atoms with van der Waals surface area (Å²) in [7, 11) is 0. The molecule has 0 aromatic rings. The van der Waals surface area contributed by atoms with E-state index in [9.17, 15) is 0 Å². The van der Waals surface area contributed by atoms with Crippen LogP contribution in [0.25, 0.3) is 0 Å². The summed E-state index contributed by atoms with van der Waals surface area (Å²) < 4.78 is 0. The standard InChI is InChI=1S/C24H50/c1-4-6-8-10-12-13-14-15-16-17-19-21-23-24(3)22-20-18-11-9-7-5-2/h24H,4-23H2,1-3H3/t24-/m1/s1. The van der Waals surface area contributed by atoms with Crippen LogP contribution in [0.5, 0.6) is 0 Å². The molecule has 0 N–H and O–H groups in total. The Morgan fingerprint density at radius 2 is 0.625 bits per heavy atom. The van der Waals surface area contributed by atoms with E-state index in [-0.39, 0.29) is 0 Å². The van der Waals surface area contributed by atoms with E-state index in [1.807, 2.05) is 0 Å². The van der Waals surface area contributed by atoms with Crippen molar-refractivity contribution < 1.29 is 0 Å². The Morgan fingerprint density at radius 1 is 0.375 bits per heavy atom. The van der Waals surface area contributed by atoms with Crippen LogP contribution in [-0.4, -0.2) is 0 Å². The van der Waals surface area contributed by atoms with Crippen molar-refractivity contribution in [3.05, 3.63) is 0 Å². The molecule has 0 nitrogen and oxygen atoms in total. The maximum absolute atomic E-state index is 2.48. The molecule has 0 unspecified atom stereocenters. The predicted octanol–water partition coefficient (Wildman–Crippen LogP) is 9.46. The molecule has 0 radical (unpaired) electrons. The van der Waals surface area contributed by atoms with Crippen molar-refractivity contribution in [3.8, 4) is 0 Å². The van der Waals surface area contributed by atoms with Gasteiger partial charge in [-0.2, -0.15) is 0 Å². The lowest BCUT2D eigenvalue weighted by Crippen LogP contribution is -1.95. The zero-order chi connectivity index (χ0) is 17.7. The Balaban J connectivity index is 3.10. The summed E-state index contributed by atoms with van der Waals surface area (Å²) in [5.74, 6) is 0.972. The second-order valence-corrected chi connectivity index (χ2v) is 8.34. The summed E-state index contributed by atoms with van der Waals surface area (Å²) in [6.45, 7) is 7.08. The molecule has 0 saturated carbocycles. The van der Waals surface area contributed by atoms with Crippen LogP contribution in [0.3, 0.4) is 0 Å². The van der Waals surface area contributed by atoms with Gasteiger partial charge in [0.1, 0.15) is 0 Å². The molecular weight excluding hydrogens is 288 g/mol. The Labute approximate surface area is 155 Å². The first-order valence-corrected chi connectivity index (χ1v) is 11.8. The van der Waals surface area contributed by atoms with Crippen molar-refractivity contribution in [2.75, 3.05) is 0 Å². The molecule has 24 heavy (non-hydrogen) atoms. The predicted molar refractivity (Wildman–Crippen MR) is 113 cm³/mol. The summed E-state index contributed by atoms with van der Waals surface area (Å²) in [6, 6.07) is 0. The Hall–Kier alpha value is 0. The molecule has 0 heteroatoms. The fourth-order valence-electron chi connectivity index (χ4n) is 3.75. The van der Waals surface area contributed by atoms with E-state index >= 15 is 0 Å². The third kappa shape index (κ3) is 20.0. The SMILES string of the molecule is CCCCCCCCCCCCCC[C@H](C)CCCCCCCC. The summed E-state index contributed by atoms with van der Waals surface area (Å²) in [5, 5.41) is 0. The number of hydrogen-bond acceptors (Lipinski definition) is 0. The maximum Gasteiger partial charge on any atom is -0.0443 e. The van der Waals surface area contributed by atoms with E-state index in [0.29, 0.717) is 0 Å². The zero-order valence-electron chi connectivity index (χ0n) is 17.7. The molecule has 1 atom stereocenters. The van der Waals surface area contributed by atoms with Crippen molar-refractivity contribution in [2.24, 2.45) is 5.92 Å². The molecule has 0 heterocycles. The Morgan fingerprint density at radius 3 is 0.917 bits per heavy atom. The van der Waals surface area contributed by atoms with Gasteiger partial charge in [0.05, 0.1) is 0 Å². The van der Waals surface area contributed by atoms with Crippen molar-refractivity contribution in [1.82, 2.24) is 0 Å². The highest BCUT2D eigenvalue weighted by atomic mass is 14.1. The maximum atomic E-state index is 2.48. The van der Waals surface area contributed by atoms with Gasteiger partial charge >= 0.3 is 0 Å². The fourth-order valence-corrected chi connectivity index (χ4v) is 3.75.